The third-order valence-corrected chi connectivity index (χ3v) is 2.67. The van der Waals surface area contributed by atoms with E-state index in [9.17, 15) is 4.79 Å². The molecule has 2 N–H and O–H groups in total. The molecule has 19 heavy (non-hydrogen) atoms. The number of aromatic nitrogens is 1. The number of aromatic carboxylic acids is 1. The molecule has 1 aromatic carbocycles. The van der Waals surface area contributed by atoms with Gasteiger partial charge in [-0.1, -0.05) is 0 Å². The highest BCUT2D eigenvalue weighted by Crippen LogP contribution is 2.23. The SMILES string of the molecule is COc1ccc(Nc2ccc(C(=O)O)nc2)cc1C. The fourth-order valence-electron chi connectivity index (χ4n) is 1.72. The van der Waals surface area contributed by atoms with Gasteiger partial charge in [0.05, 0.1) is 19.0 Å². The second-order valence-corrected chi connectivity index (χ2v) is 4.05. The normalized spacial score (nSPS) is 10.0. The van der Waals surface area contributed by atoms with E-state index in [1.807, 2.05) is 25.1 Å². The number of pyridine rings is 1. The molecule has 0 atom stereocenters. The third-order valence-electron chi connectivity index (χ3n) is 2.67. The van der Waals surface area contributed by atoms with Crippen LogP contribution in [0.25, 0.3) is 0 Å². The van der Waals surface area contributed by atoms with Gasteiger partial charge in [-0.25, -0.2) is 9.78 Å². The second kappa shape index (κ2) is 5.39. The summed E-state index contributed by atoms with van der Waals surface area (Å²) in [6, 6.07) is 8.84. The van der Waals surface area contributed by atoms with Gasteiger partial charge in [0.2, 0.25) is 0 Å². The maximum atomic E-state index is 10.7. The Balaban J connectivity index is 2.16. The van der Waals surface area contributed by atoms with Crippen molar-refractivity contribution in [2.75, 3.05) is 12.4 Å². The Kier molecular flexibility index (Phi) is 3.66. The number of ether oxygens (including phenoxy) is 1. The van der Waals surface area contributed by atoms with Crippen LogP contribution in [0.2, 0.25) is 0 Å². The minimum atomic E-state index is -1.04. The van der Waals surface area contributed by atoms with Gasteiger partial charge >= 0.3 is 5.97 Å². The van der Waals surface area contributed by atoms with Crippen molar-refractivity contribution in [1.82, 2.24) is 4.98 Å². The first-order valence-corrected chi connectivity index (χ1v) is 5.71. The molecule has 0 aliphatic heterocycles. The molecule has 0 spiro atoms. The summed E-state index contributed by atoms with van der Waals surface area (Å²) < 4.78 is 5.19. The maximum absolute atomic E-state index is 10.7. The first-order chi connectivity index (χ1) is 9.10. The summed E-state index contributed by atoms with van der Waals surface area (Å²) in [6.45, 7) is 1.95. The van der Waals surface area contributed by atoms with Crippen LogP contribution in [0.5, 0.6) is 5.75 Å². The average molecular weight is 258 g/mol. The average Bonchev–Trinajstić information content (AvgIpc) is 2.39. The largest absolute Gasteiger partial charge is 0.496 e. The van der Waals surface area contributed by atoms with Gasteiger partial charge in [0.1, 0.15) is 11.4 Å². The standard InChI is InChI=1S/C14H14N2O3/c1-9-7-10(4-6-13(9)19-2)16-11-3-5-12(14(17)18)15-8-11/h3-8,16H,1-2H3,(H,17,18). The number of hydrogen-bond acceptors (Lipinski definition) is 4. The highest BCUT2D eigenvalue weighted by molar-refractivity contribution is 5.85. The lowest BCUT2D eigenvalue weighted by atomic mass is 10.2. The molecule has 0 radical (unpaired) electrons. The smallest absolute Gasteiger partial charge is 0.354 e. The first-order valence-electron chi connectivity index (χ1n) is 5.71. The molecule has 0 unspecified atom stereocenters. The number of rotatable bonds is 4. The van der Waals surface area contributed by atoms with Crippen molar-refractivity contribution in [2.45, 2.75) is 6.92 Å². The number of nitrogens with zero attached hydrogens (tertiary/aromatic N) is 1. The van der Waals surface area contributed by atoms with E-state index in [1.165, 1.54) is 12.3 Å². The number of methoxy groups -OCH3 is 1. The monoisotopic (exact) mass is 258 g/mol. The minimum Gasteiger partial charge on any atom is -0.496 e. The van der Waals surface area contributed by atoms with Crippen LogP contribution in [0.3, 0.4) is 0 Å². The van der Waals surface area contributed by atoms with Gasteiger partial charge in [0, 0.05) is 5.69 Å². The van der Waals surface area contributed by atoms with E-state index >= 15 is 0 Å². The Hall–Kier alpha value is -2.56. The molecule has 0 amide bonds. The number of aryl methyl sites for hydroxylation is 1. The Bertz CT molecular complexity index is 594. The summed E-state index contributed by atoms with van der Waals surface area (Å²) in [4.78, 5) is 14.5. The van der Waals surface area contributed by atoms with Gasteiger partial charge in [0.25, 0.3) is 0 Å². The van der Waals surface area contributed by atoms with Crippen molar-refractivity contribution in [3.05, 3.63) is 47.8 Å². The van der Waals surface area contributed by atoms with Crippen LogP contribution in [-0.4, -0.2) is 23.2 Å². The van der Waals surface area contributed by atoms with Crippen LogP contribution in [0.4, 0.5) is 11.4 Å². The number of carboxylic acids is 1. The Morgan fingerprint density at radius 1 is 1.26 bits per heavy atom. The number of carboxylic acid groups (broad SMARTS) is 1. The van der Waals surface area contributed by atoms with E-state index in [-0.39, 0.29) is 5.69 Å². The molecule has 0 fully saturated rings. The van der Waals surface area contributed by atoms with Crippen molar-refractivity contribution >= 4 is 17.3 Å². The molecule has 1 heterocycles. The van der Waals surface area contributed by atoms with E-state index in [1.54, 1.807) is 13.2 Å². The molecule has 0 bridgehead atoms. The van der Waals surface area contributed by atoms with Crippen LogP contribution in [0, 0.1) is 6.92 Å². The van der Waals surface area contributed by atoms with Crippen LogP contribution in [0.15, 0.2) is 36.5 Å². The highest BCUT2D eigenvalue weighted by Gasteiger charge is 2.04. The van der Waals surface area contributed by atoms with Crippen LogP contribution in [-0.2, 0) is 0 Å². The van der Waals surface area contributed by atoms with Gasteiger partial charge in [0.15, 0.2) is 0 Å². The van der Waals surface area contributed by atoms with E-state index in [4.69, 9.17) is 9.84 Å². The molecule has 0 aliphatic rings. The summed E-state index contributed by atoms with van der Waals surface area (Å²) >= 11 is 0. The fourth-order valence-corrected chi connectivity index (χ4v) is 1.72. The third kappa shape index (κ3) is 3.01. The van der Waals surface area contributed by atoms with Crippen LogP contribution >= 0.6 is 0 Å². The molecule has 0 saturated carbocycles. The van der Waals surface area contributed by atoms with Gasteiger partial charge in [-0.05, 0) is 42.8 Å². The summed E-state index contributed by atoms with van der Waals surface area (Å²) in [5.74, 6) is -0.211. The molecule has 0 aliphatic carbocycles. The number of nitrogens with one attached hydrogen (secondary N) is 1. The molecule has 0 saturated heterocycles. The number of hydrogen-bond donors (Lipinski definition) is 2. The van der Waals surface area contributed by atoms with Gasteiger partial charge in [-0.2, -0.15) is 0 Å². The van der Waals surface area contributed by atoms with E-state index in [0.717, 1.165) is 22.7 Å². The minimum absolute atomic E-state index is 0.0245. The molecular weight excluding hydrogens is 244 g/mol. The number of anilines is 2. The summed E-state index contributed by atoms with van der Waals surface area (Å²) in [5.41, 5.74) is 2.66. The Morgan fingerprint density at radius 2 is 2.00 bits per heavy atom. The van der Waals surface area contributed by atoms with E-state index in [0.29, 0.717) is 0 Å². The second-order valence-electron chi connectivity index (χ2n) is 4.05. The molecule has 2 rings (SSSR count). The lowest BCUT2D eigenvalue weighted by Gasteiger charge is -2.09. The Morgan fingerprint density at radius 3 is 2.53 bits per heavy atom. The highest BCUT2D eigenvalue weighted by atomic mass is 16.5. The predicted molar refractivity (Wildman–Crippen MR) is 72.2 cm³/mol. The molecule has 5 heteroatoms. The van der Waals surface area contributed by atoms with E-state index < -0.39 is 5.97 Å². The zero-order chi connectivity index (χ0) is 13.8. The number of carbonyl (C=O) groups is 1. The summed E-state index contributed by atoms with van der Waals surface area (Å²) in [7, 11) is 1.63. The topological polar surface area (TPSA) is 71.5 Å². The molecule has 1 aromatic heterocycles. The van der Waals surface area contributed by atoms with Crippen molar-refractivity contribution in [3.8, 4) is 5.75 Å². The predicted octanol–water partition coefficient (Wildman–Crippen LogP) is 2.84. The quantitative estimate of drug-likeness (QED) is 0.882. The maximum Gasteiger partial charge on any atom is 0.354 e. The van der Waals surface area contributed by atoms with Gasteiger partial charge < -0.3 is 15.2 Å². The van der Waals surface area contributed by atoms with Crippen LogP contribution in [0.1, 0.15) is 16.1 Å². The zero-order valence-corrected chi connectivity index (χ0v) is 10.7. The van der Waals surface area contributed by atoms with Crippen molar-refractivity contribution in [1.29, 1.82) is 0 Å². The molecular formula is C14H14N2O3. The van der Waals surface area contributed by atoms with Crippen LogP contribution < -0.4 is 10.1 Å². The fraction of sp³-hybridized carbons (Fsp3) is 0.143. The molecule has 2 aromatic rings. The van der Waals surface area contributed by atoms with Crippen molar-refractivity contribution in [3.63, 3.8) is 0 Å². The summed E-state index contributed by atoms with van der Waals surface area (Å²) in [6.07, 6.45) is 1.49. The molecule has 5 nitrogen and oxygen atoms in total. The van der Waals surface area contributed by atoms with E-state index in [2.05, 4.69) is 10.3 Å². The lowest BCUT2D eigenvalue weighted by molar-refractivity contribution is 0.0690. The number of benzene rings is 1. The first kappa shape index (κ1) is 12.9. The van der Waals surface area contributed by atoms with Crippen molar-refractivity contribution < 1.29 is 14.6 Å². The van der Waals surface area contributed by atoms with Gasteiger partial charge in [-0.3, -0.25) is 0 Å². The van der Waals surface area contributed by atoms with Crippen molar-refractivity contribution in [2.24, 2.45) is 0 Å². The molecule has 98 valence electrons. The Labute approximate surface area is 110 Å². The zero-order valence-electron chi connectivity index (χ0n) is 10.7. The lowest BCUT2D eigenvalue weighted by Crippen LogP contribution is -2.00. The summed E-state index contributed by atoms with van der Waals surface area (Å²) in [5, 5.41) is 11.9. The van der Waals surface area contributed by atoms with Gasteiger partial charge in [-0.15, -0.1) is 0 Å².